The molecule has 1 aliphatic rings. The normalized spacial score (nSPS) is 14.0. The summed E-state index contributed by atoms with van der Waals surface area (Å²) in [6.45, 7) is 0.154. The fraction of sp³-hybridized carbons (Fsp3) is 0.300. The molecule has 0 unspecified atom stereocenters. The van der Waals surface area contributed by atoms with Crippen molar-refractivity contribution in [2.45, 2.75) is 38.7 Å². The minimum Gasteiger partial charge on any atom is -0.486 e. The second-order valence-electron chi connectivity index (χ2n) is 6.89. The molecular weight excluding hydrogens is 374 g/mol. The van der Waals surface area contributed by atoms with E-state index in [-0.39, 0.29) is 12.3 Å². The Balaban J connectivity index is 1.53. The van der Waals surface area contributed by atoms with Crippen molar-refractivity contribution in [3.05, 3.63) is 56.6 Å². The Morgan fingerprint density at radius 2 is 2.04 bits per heavy atom. The van der Waals surface area contributed by atoms with E-state index in [4.69, 9.17) is 10.00 Å². The molecule has 7 nitrogen and oxygen atoms in total. The van der Waals surface area contributed by atoms with Crippen molar-refractivity contribution in [3.8, 4) is 11.8 Å². The van der Waals surface area contributed by atoms with E-state index in [9.17, 15) is 4.79 Å². The summed E-state index contributed by atoms with van der Waals surface area (Å²) in [6, 6.07) is 8.93. The summed E-state index contributed by atoms with van der Waals surface area (Å²) in [5.74, 6) is 1.08. The molecule has 0 atom stereocenters. The average molecular weight is 391 g/mol. The smallest absolute Gasteiger partial charge is 0.349 e. The molecule has 3 heterocycles. The van der Waals surface area contributed by atoms with Crippen LogP contribution in [-0.2, 0) is 19.4 Å². The first-order chi connectivity index (χ1) is 13.7. The van der Waals surface area contributed by atoms with E-state index in [0.717, 1.165) is 29.5 Å². The highest BCUT2D eigenvalue weighted by molar-refractivity contribution is 7.19. The molecule has 140 valence electrons. The largest absolute Gasteiger partial charge is 0.486 e. The summed E-state index contributed by atoms with van der Waals surface area (Å²) >= 11 is 1.67. The van der Waals surface area contributed by atoms with Crippen LogP contribution < -0.4 is 10.4 Å². The van der Waals surface area contributed by atoms with Gasteiger partial charge in [0.15, 0.2) is 11.5 Å². The number of nitrogens with zero attached hydrogens (tertiary/aromatic N) is 4. The van der Waals surface area contributed by atoms with Gasteiger partial charge in [0.05, 0.1) is 17.0 Å². The lowest BCUT2D eigenvalue weighted by Crippen LogP contribution is -2.17. The minimum absolute atomic E-state index is 0.154. The number of thiophene rings is 1. The molecule has 1 aliphatic carbocycles. The van der Waals surface area contributed by atoms with Gasteiger partial charge in [0, 0.05) is 4.88 Å². The van der Waals surface area contributed by atoms with Crippen molar-refractivity contribution >= 4 is 27.2 Å². The van der Waals surface area contributed by atoms with E-state index in [1.807, 2.05) is 0 Å². The zero-order chi connectivity index (χ0) is 19.1. The van der Waals surface area contributed by atoms with E-state index in [1.54, 1.807) is 35.6 Å². The molecule has 0 bridgehead atoms. The van der Waals surface area contributed by atoms with Crippen molar-refractivity contribution < 1.29 is 4.74 Å². The SMILES string of the molecule is N#Cc1ccc(OCc2nc3c4c5c(sc4[nH]c(=O)n3n2)CCCCC5)cc1. The number of aromatic amines is 1. The first-order valence-corrected chi connectivity index (χ1v) is 10.1. The van der Waals surface area contributed by atoms with Gasteiger partial charge in [-0.3, -0.25) is 4.98 Å². The summed E-state index contributed by atoms with van der Waals surface area (Å²) < 4.78 is 7.07. The molecule has 0 fully saturated rings. The monoisotopic (exact) mass is 391 g/mol. The summed E-state index contributed by atoms with van der Waals surface area (Å²) in [7, 11) is 0. The molecule has 0 saturated carbocycles. The highest BCUT2D eigenvalue weighted by Crippen LogP contribution is 2.35. The number of rotatable bonds is 3. The van der Waals surface area contributed by atoms with E-state index in [1.165, 1.54) is 27.8 Å². The Hall–Kier alpha value is -3.18. The topological polar surface area (TPSA) is 96.1 Å². The highest BCUT2D eigenvalue weighted by atomic mass is 32.1. The third-order valence-corrected chi connectivity index (χ3v) is 6.27. The standard InChI is InChI=1S/C20H17N5O2S/c21-10-12-6-8-13(9-7-12)27-11-16-22-18-17-14-4-2-1-3-5-15(14)28-19(17)23-20(26)25(18)24-16/h6-9H,1-5,11H2,(H,23,26). The fourth-order valence-electron chi connectivity index (χ4n) is 3.71. The predicted molar refractivity (Wildman–Crippen MR) is 106 cm³/mol. The number of H-pyrrole nitrogens is 1. The van der Waals surface area contributed by atoms with Gasteiger partial charge in [-0.1, -0.05) is 6.42 Å². The quantitative estimate of drug-likeness (QED) is 0.540. The fourth-order valence-corrected chi connectivity index (χ4v) is 4.99. The Labute approximate surface area is 164 Å². The zero-order valence-corrected chi connectivity index (χ0v) is 15.9. The van der Waals surface area contributed by atoms with Crippen LogP contribution in [0.2, 0.25) is 0 Å². The molecule has 0 amide bonds. The maximum Gasteiger partial charge on any atom is 0.349 e. The molecule has 4 aromatic rings. The van der Waals surface area contributed by atoms with Crippen LogP contribution in [0, 0.1) is 11.3 Å². The van der Waals surface area contributed by atoms with Crippen LogP contribution in [0.25, 0.3) is 15.9 Å². The molecule has 1 aromatic carbocycles. The molecule has 0 spiro atoms. The minimum atomic E-state index is -0.281. The van der Waals surface area contributed by atoms with Crippen LogP contribution >= 0.6 is 11.3 Å². The summed E-state index contributed by atoms with van der Waals surface area (Å²) in [6.07, 6.45) is 5.66. The number of ether oxygens (including phenoxy) is 1. The first kappa shape index (κ1) is 17.0. The Kier molecular flexibility index (Phi) is 4.10. The van der Waals surface area contributed by atoms with Crippen molar-refractivity contribution in [3.63, 3.8) is 0 Å². The number of nitrogens with one attached hydrogen (secondary N) is 1. The van der Waals surface area contributed by atoms with E-state index < -0.39 is 0 Å². The van der Waals surface area contributed by atoms with Crippen molar-refractivity contribution in [1.29, 1.82) is 5.26 Å². The van der Waals surface area contributed by atoms with Gasteiger partial charge in [-0.05, 0) is 55.5 Å². The number of hydrogen-bond acceptors (Lipinski definition) is 6. The summed E-state index contributed by atoms with van der Waals surface area (Å²) in [5, 5.41) is 14.2. The molecular formula is C20H17N5O2S. The molecule has 0 saturated heterocycles. The first-order valence-electron chi connectivity index (χ1n) is 9.28. The molecule has 28 heavy (non-hydrogen) atoms. The summed E-state index contributed by atoms with van der Waals surface area (Å²) in [5.41, 5.74) is 2.21. The van der Waals surface area contributed by atoms with Crippen LogP contribution in [0.3, 0.4) is 0 Å². The van der Waals surface area contributed by atoms with Crippen molar-refractivity contribution in [2.24, 2.45) is 0 Å². The predicted octanol–water partition coefficient (Wildman–Crippen LogP) is 3.35. The van der Waals surface area contributed by atoms with Crippen LogP contribution in [-0.4, -0.2) is 19.6 Å². The molecule has 8 heteroatoms. The summed E-state index contributed by atoms with van der Waals surface area (Å²) in [4.78, 5) is 22.3. The van der Waals surface area contributed by atoms with Gasteiger partial charge in [0.1, 0.15) is 17.2 Å². The van der Waals surface area contributed by atoms with E-state index in [0.29, 0.717) is 22.8 Å². The second kappa shape index (κ2) is 6.77. The van der Waals surface area contributed by atoms with Gasteiger partial charge in [0.25, 0.3) is 0 Å². The third-order valence-electron chi connectivity index (χ3n) is 5.06. The van der Waals surface area contributed by atoms with Crippen molar-refractivity contribution in [2.75, 3.05) is 0 Å². The Morgan fingerprint density at radius 3 is 2.86 bits per heavy atom. The van der Waals surface area contributed by atoms with Crippen molar-refractivity contribution in [1.82, 2.24) is 19.6 Å². The van der Waals surface area contributed by atoms with Gasteiger partial charge in [-0.2, -0.15) is 9.78 Å². The van der Waals surface area contributed by atoms with Gasteiger partial charge < -0.3 is 4.74 Å². The number of fused-ring (bicyclic) bond motifs is 5. The number of benzene rings is 1. The van der Waals surface area contributed by atoms with Gasteiger partial charge >= 0.3 is 5.69 Å². The molecule has 3 aromatic heterocycles. The van der Waals surface area contributed by atoms with Crippen LogP contribution in [0.5, 0.6) is 5.75 Å². The average Bonchev–Trinajstić information content (AvgIpc) is 3.21. The van der Waals surface area contributed by atoms with Crippen LogP contribution in [0.4, 0.5) is 0 Å². The lowest BCUT2D eigenvalue weighted by molar-refractivity contribution is 0.296. The maximum absolute atomic E-state index is 12.5. The van der Waals surface area contributed by atoms with Crippen LogP contribution in [0.1, 0.15) is 41.1 Å². The Bertz CT molecular complexity index is 1280. The lowest BCUT2D eigenvalue weighted by Gasteiger charge is -2.02. The molecule has 1 N–H and O–H groups in total. The Morgan fingerprint density at radius 1 is 1.21 bits per heavy atom. The van der Waals surface area contributed by atoms with Gasteiger partial charge in [-0.25, -0.2) is 9.78 Å². The second-order valence-corrected chi connectivity index (χ2v) is 7.99. The zero-order valence-electron chi connectivity index (χ0n) is 15.1. The van der Waals surface area contributed by atoms with Gasteiger partial charge in [-0.15, -0.1) is 16.4 Å². The molecule has 0 aliphatic heterocycles. The molecule has 0 radical (unpaired) electrons. The van der Waals surface area contributed by atoms with Crippen LogP contribution in [0.15, 0.2) is 29.1 Å². The van der Waals surface area contributed by atoms with E-state index in [2.05, 4.69) is 21.1 Å². The number of nitriles is 1. The number of aryl methyl sites for hydroxylation is 2. The number of aromatic nitrogens is 4. The lowest BCUT2D eigenvalue weighted by atomic mass is 10.1. The van der Waals surface area contributed by atoms with E-state index >= 15 is 0 Å². The maximum atomic E-state index is 12.5. The number of hydrogen-bond donors (Lipinski definition) is 1. The third kappa shape index (κ3) is 2.84. The molecule has 5 rings (SSSR count). The van der Waals surface area contributed by atoms with Gasteiger partial charge in [0.2, 0.25) is 0 Å². The highest BCUT2D eigenvalue weighted by Gasteiger charge is 2.21.